The molecule has 0 heterocycles. The summed E-state index contributed by atoms with van der Waals surface area (Å²) in [5.41, 5.74) is -1.07. The predicted molar refractivity (Wildman–Crippen MR) is 100 cm³/mol. The molecular weight excluding hydrogens is 316 g/mol. The van der Waals surface area contributed by atoms with Gasteiger partial charge in [-0.3, -0.25) is 9.59 Å². The lowest BCUT2D eigenvalue weighted by atomic mass is 9.72. The Labute approximate surface area is 154 Å². The van der Waals surface area contributed by atoms with Crippen LogP contribution in [-0.2, 0) is 19.1 Å². The number of unbranched alkanes of at least 4 members (excludes halogenated alkanes) is 2. The first-order valence-electron chi connectivity index (χ1n) is 10.4. The Morgan fingerprint density at radius 1 is 0.840 bits per heavy atom. The van der Waals surface area contributed by atoms with E-state index < -0.39 is 5.41 Å². The molecule has 0 saturated heterocycles. The van der Waals surface area contributed by atoms with Crippen LogP contribution in [0.2, 0.25) is 0 Å². The molecule has 1 fully saturated rings. The summed E-state index contributed by atoms with van der Waals surface area (Å²) in [6, 6.07) is 0. The quantitative estimate of drug-likeness (QED) is 0.272. The van der Waals surface area contributed by atoms with Crippen molar-refractivity contribution in [3.05, 3.63) is 0 Å². The van der Waals surface area contributed by atoms with Gasteiger partial charge in [-0.15, -0.1) is 0 Å². The number of hydrogen-bond acceptors (Lipinski definition) is 4. The summed E-state index contributed by atoms with van der Waals surface area (Å²) in [5.74, 6) is -0.192. The summed E-state index contributed by atoms with van der Waals surface area (Å²) in [4.78, 5) is 26.1. The smallest absolute Gasteiger partial charge is 0.323 e. The van der Waals surface area contributed by atoms with Gasteiger partial charge in [-0.25, -0.2) is 0 Å². The van der Waals surface area contributed by atoms with Crippen LogP contribution in [-0.4, -0.2) is 25.2 Å². The molecule has 0 aromatic rings. The summed E-state index contributed by atoms with van der Waals surface area (Å²) >= 11 is 0. The number of rotatable bonds is 12. The number of hydrogen-bond donors (Lipinski definition) is 0. The maximum atomic E-state index is 13.0. The standard InChI is InChI=1S/C21H38O4/c1-5-9-15-24-19(22)21(20(23)25-16-10-6-2)14-13-17(11-7-3)18(21)12-8-4/h17-18H,5-16H2,1-4H3. The molecule has 4 nitrogen and oxygen atoms in total. The zero-order valence-corrected chi connectivity index (χ0v) is 16.8. The van der Waals surface area contributed by atoms with Crippen LogP contribution in [0.3, 0.4) is 0 Å². The molecule has 0 aromatic heterocycles. The Morgan fingerprint density at radius 2 is 1.36 bits per heavy atom. The molecule has 2 unspecified atom stereocenters. The molecule has 0 aliphatic heterocycles. The largest absolute Gasteiger partial charge is 0.465 e. The van der Waals surface area contributed by atoms with Crippen molar-refractivity contribution in [3.8, 4) is 0 Å². The van der Waals surface area contributed by atoms with Crippen LogP contribution >= 0.6 is 0 Å². The van der Waals surface area contributed by atoms with E-state index in [0.29, 0.717) is 25.6 Å². The van der Waals surface area contributed by atoms with E-state index in [4.69, 9.17) is 9.47 Å². The van der Waals surface area contributed by atoms with Gasteiger partial charge in [0.1, 0.15) is 0 Å². The third-order valence-corrected chi connectivity index (χ3v) is 5.56. The molecular formula is C21H38O4. The molecule has 0 bridgehead atoms. The van der Waals surface area contributed by atoms with Crippen molar-refractivity contribution < 1.29 is 19.1 Å². The van der Waals surface area contributed by atoms with Crippen molar-refractivity contribution in [3.63, 3.8) is 0 Å². The summed E-state index contributed by atoms with van der Waals surface area (Å²) in [5, 5.41) is 0. The van der Waals surface area contributed by atoms with Crippen molar-refractivity contribution in [2.45, 2.75) is 91.9 Å². The van der Waals surface area contributed by atoms with Crippen LogP contribution in [0.25, 0.3) is 0 Å². The van der Waals surface area contributed by atoms with Gasteiger partial charge in [-0.1, -0.05) is 59.8 Å². The van der Waals surface area contributed by atoms with E-state index in [1.807, 2.05) is 0 Å². The van der Waals surface area contributed by atoms with E-state index in [1.165, 1.54) is 0 Å². The number of esters is 2. The molecule has 1 aliphatic carbocycles. The molecule has 4 heteroatoms. The SMILES string of the molecule is CCCCOC(=O)C1(C(=O)OCCCC)CCC(CCC)C1CCC. The van der Waals surface area contributed by atoms with Gasteiger partial charge < -0.3 is 9.47 Å². The number of carbonyl (C=O) groups excluding carboxylic acids is 2. The second-order valence-corrected chi connectivity index (χ2v) is 7.43. The highest BCUT2D eigenvalue weighted by atomic mass is 16.6. The van der Waals surface area contributed by atoms with Gasteiger partial charge >= 0.3 is 11.9 Å². The van der Waals surface area contributed by atoms with Gasteiger partial charge in [-0.05, 0) is 43.9 Å². The Hall–Kier alpha value is -1.06. The highest BCUT2D eigenvalue weighted by Crippen LogP contribution is 2.52. The van der Waals surface area contributed by atoms with E-state index in [-0.39, 0.29) is 17.9 Å². The summed E-state index contributed by atoms with van der Waals surface area (Å²) in [7, 11) is 0. The lowest BCUT2D eigenvalue weighted by Crippen LogP contribution is -2.46. The van der Waals surface area contributed by atoms with Crippen molar-refractivity contribution in [1.29, 1.82) is 0 Å². The topological polar surface area (TPSA) is 52.6 Å². The zero-order valence-electron chi connectivity index (χ0n) is 16.8. The molecule has 25 heavy (non-hydrogen) atoms. The van der Waals surface area contributed by atoms with Crippen LogP contribution in [0.1, 0.15) is 91.9 Å². The molecule has 0 N–H and O–H groups in total. The first-order chi connectivity index (χ1) is 12.1. The van der Waals surface area contributed by atoms with Crippen molar-refractivity contribution in [2.24, 2.45) is 17.3 Å². The fraction of sp³-hybridized carbons (Fsp3) is 0.905. The molecule has 0 radical (unpaired) electrons. The highest BCUT2D eigenvalue weighted by Gasteiger charge is 2.59. The van der Waals surface area contributed by atoms with Crippen LogP contribution in [0.4, 0.5) is 0 Å². The lowest BCUT2D eigenvalue weighted by Gasteiger charge is -2.33. The van der Waals surface area contributed by atoms with Gasteiger partial charge in [0, 0.05) is 0 Å². The van der Waals surface area contributed by atoms with E-state index in [2.05, 4.69) is 27.7 Å². The Balaban J connectivity index is 3.03. The minimum absolute atomic E-state index is 0.0562. The Bertz CT molecular complexity index is 383. The first-order valence-corrected chi connectivity index (χ1v) is 10.4. The fourth-order valence-corrected chi connectivity index (χ4v) is 4.18. The molecule has 1 aliphatic rings. The van der Waals surface area contributed by atoms with E-state index in [0.717, 1.165) is 57.8 Å². The second-order valence-electron chi connectivity index (χ2n) is 7.43. The summed E-state index contributed by atoms with van der Waals surface area (Å²) < 4.78 is 11.1. The zero-order chi connectivity index (χ0) is 18.7. The van der Waals surface area contributed by atoms with Crippen LogP contribution in [0.15, 0.2) is 0 Å². The monoisotopic (exact) mass is 354 g/mol. The first kappa shape index (κ1) is 22.0. The van der Waals surface area contributed by atoms with E-state index in [1.54, 1.807) is 0 Å². The lowest BCUT2D eigenvalue weighted by molar-refractivity contribution is -0.177. The van der Waals surface area contributed by atoms with E-state index >= 15 is 0 Å². The van der Waals surface area contributed by atoms with E-state index in [9.17, 15) is 9.59 Å². The minimum Gasteiger partial charge on any atom is -0.465 e. The average Bonchev–Trinajstić information content (AvgIpc) is 2.95. The average molecular weight is 355 g/mol. The molecule has 1 saturated carbocycles. The van der Waals surface area contributed by atoms with Crippen LogP contribution in [0.5, 0.6) is 0 Å². The second kappa shape index (κ2) is 11.5. The molecule has 1 rings (SSSR count). The molecule has 0 aromatic carbocycles. The summed E-state index contributed by atoms with van der Waals surface area (Å²) in [6.07, 6.45) is 9.12. The minimum atomic E-state index is -1.07. The maximum absolute atomic E-state index is 13.0. The van der Waals surface area contributed by atoms with Crippen molar-refractivity contribution >= 4 is 11.9 Å². The summed E-state index contributed by atoms with van der Waals surface area (Å²) in [6.45, 7) is 9.22. The Morgan fingerprint density at radius 3 is 1.80 bits per heavy atom. The van der Waals surface area contributed by atoms with Gasteiger partial charge in [0.15, 0.2) is 5.41 Å². The van der Waals surface area contributed by atoms with Gasteiger partial charge in [0.05, 0.1) is 13.2 Å². The van der Waals surface area contributed by atoms with Crippen LogP contribution in [0, 0.1) is 17.3 Å². The third kappa shape index (κ3) is 5.46. The highest BCUT2D eigenvalue weighted by molar-refractivity contribution is 6.01. The molecule has 2 atom stereocenters. The molecule has 0 amide bonds. The van der Waals surface area contributed by atoms with Crippen LogP contribution < -0.4 is 0 Å². The number of carbonyl (C=O) groups is 2. The maximum Gasteiger partial charge on any atom is 0.323 e. The third-order valence-electron chi connectivity index (χ3n) is 5.56. The normalized spacial score (nSPS) is 21.9. The van der Waals surface area contributed by atoms with Gasteiger partial charge in [0.2, 0.25) is 0 Å². The van der Waals surface area contributed by atoms with Gasteiger partial charge in [0.25, 0.3) is 0 Å². The fourth-order valence-electron chi connectivity index (χ4n) is 4.18. The van der Waals surface area contributed by atoms with Crippen molar-refractivity contribution in [1.82, 2.24) is 0 Å². The number of ether oxygens (including phenoxy) is 2. The Kier molecular flexibility index (Phi) is 10.1. The predicted octanol–water partition coefficient (Wildman–Crippen LogP) is 5.29. The molecule has 0 spiro atoms. The van der Waals surface area contributed by atoms with Gasteiger partial charge in [-0.2, -0.15) is 0 Å². The molecule has 146 valence electrons. The van der Waals surface area contributed by atoms with Crippen molar-refractivity contribution in [2.75, 3.05) is 13.2 Å².